The van der Waals surface area contributed by atoms with Crippen molar-refractivity contribution in [3.05, 3.63) is 58.4 Å². The zero-order valence-corrected chi connectivity index (χ0v) is 11.7. The van der Waals surface area contributed by atoms with Gasteiger partial charge >= 0.3 is 0 Å². The molecule has 0 bridgehead atoms. The number of pyridine rings is 1. The number of rotatable bonds is 3. The van der Waals surface area contributed by atoms with Crippen LogP contribution in [0.5, 0.6) is 5.75 Å². The molecule has 4 nitrogen and oxygen atoms in total. The fourth-order valence-corrected chi connectivity index (χ4v) is 2.34. The predicted octanol–water partition coefficient (Wildman–Crippen LogP) is 3.51. The minimum atomic E-state index is -0.121. The minimum absolute atomic E-state index is 0.121. The van der Waals surface area contributed by atoms with E-state index in [9.17, 15) is 9.90 Å². The van der Waals surface area contributed by atoms with Gasteiger partial charge in [-0.05, 0) is 42.3 Å². The SMILES string of the molecule is CCCc1cc(-c2cc(=O)c3cccnc3o2)ccc1O. The van der Waals surface area contributed by atoms with E-state index in [0.29, 0.717) is 16.9 Å². The van der Waals surface area contributed by atoms with Crippen molar-refractivity contribution < 1.29 is 9.52 Å². The Balaban J connectivity index is 2.16. The molecule has 2 aromatic heterocycles. The third kappa shape index (κ3) is 2.52. The molecule has 0 aliphatic carbocycles. The van der Waals surface area contributed by atoms with Crippen molar-refractivity contribution in [2.75, 3.05) is 0 Å². The Hall–Kier alpha value is -2.62. The molecule has 1 N–H and O–H groups in total. The van der Waals surface area contributed by atoms with Crippen molar-refractivity contribution in [1.82, 2.24) is 4.98 Å². The minimum Gasteiger partial charge on any atom is -0.508 e. The summed E-state index contributed by atoms with van der Waals surface area (Å²) in [6, 6.07) is 10.1. The molecule has 0 spiro atoms. The van der Waals surface area contributed by atoms with Crippen molar-refractivity contribution in [3.63, 3.8) is 0 Å². The number of phenolic OH excluding ortho intramolecular Hbond substituents is 1. The van der Waals surface area contributed by atoms with Crippen LogP contribution in [0.4, 0.5) is 0 Å². The summed E-state index contributed by atoms with van der Waals surface area (Å²) >= 11 is 0. The summed E-state index contributed by atoms with van der Waals surface area (Å²) in [6.45, 7) is 2.05. The molecular formula is C17H15NO3. The molecule has 0 aliphatic rings. The van der Waals surface area contributed by atoms with Crippen molar-refractivity contribution in [3.8, 4) is 17.1 Å². The van der Waals surface area contributed by atoms with E-state index < -0.39 is 0 Å². The normalized spacial score (nSPS) is 10.9. The summed E-state index contributed by atoms with van der Waals surface area (Å²) in [7, 11) is 0. The molecule has 2 heterocycles. The van der Waals surface area contributed by atoms with E-state index in [-0.39, 0.29) is 11.2 Å². The lowest BCUT2D eigenvalue weighted by Crippen LogP contribution is -2.01. The van der Waals surface area contributed by atoms with E-state index >= 15 is 0 Å². The van der Waals surface area contributed by atoms with Crippen LogP contribution in [0.3, 0.4) is 0 Å². The summed E-state index contributed by atoms with van der Waals surface area (Å²) in [5.41, 5.74) is 1.81. The number of benzene rings is 1. The topological polar surface area (TPSA) is 63.3 Å². The van der Waals surface area contributed by atoms with Crippen molar-refractivity contribution in [2.45, 2.75) is 19.8 Å². The molecule has 4 heteroatoms. The molecule has 1 aromatic carbocycles. The van der Waals surface area contributed by atoms with Crippen LogP contribution in [0.25, 0.3) is 22.4 Å². The van der Waals surface area contributed by atoms with E-state index in [1.807, 2.05) is 13.0 Å². The van der Waals surface area contributed by atoms with Crippen LogP contribution in [-0.4, -0.2) is 10.1 Å². The maximum atomic E-state index is 12.1. The lowest BCUT2D eigenvalue weighted by Gasteiger charge is -2.07. The Kier molecular flexibility index (Phi) is 3.44. The van der Waals surface area contributed by atoms with Gasteiger partial charge in [0.15, 0.2) is 5.43 Å². The Morgan fingerprint density at radius 1 is 1.24 bits per heavy atom. The highest BCUT2D eigenvalue weighted by Gasteiger charge is 2.09. The lowest BCUT2D eigenvalue weighted by atomic mass is 10.0. The summed E-state index contributed by atoms with van der Waals surface area (Å²) in [5, 5.41) is 10.3. The Morgan fingerprint density at radius 3 is 2.90 bits per heavy atom. The number of hydrogen-bond donors (Lipinski definition) is 1. The van der Waals surface area contributed by atoms with Gasteiger partial charge in [0.1, 0.15) is 11.5 Å². The second-order valence-corrected chi connectivity index (χ2v) is 4.92. The number of phenols is 1. The van der Waals surface area contributed by atoms with Gasteiger partial charge in [-0.2, -0.15) is 0 Å². The molecule has 0 unspecified atom stereocenters. The quantitative estimate of drug-likeness (QED) is 0.798. The first-order chi connectivity index (χ1) is 10.2. The molecule has 0 atom stereocenters. The van der Waals surface area contributed by atoms with Crippen LogP contribution < -0.4 is 5.43 Å². The highest BCUT2D eigenvalue weighted by atomic mass is 16.3. The van der Waals surface area contributed by atoms with Crippen molar-refractivity contribution in [2.24, 2.45) is 0 Å². The monoisotopic (exact) mass is 281 g/mol. The Bertz CT molecular complexity index is 852. The number of aryl methyl sites for hydroxylation is 1. The van der Waals surface area contributed by atoms with Crippen LogP contribution in [0.15, 0.2) is 51.8 Å². The zero-order chi connectivity index (χ0) is 14.8. The van der Waals surface area contributed by atoms with Gasteiger partial charge in [0.25, 0.3) is 0 Å². The standard InChI is InChI=1S/C17H15NO3/c1-2-4-11-9-12(6-7-14(11)19)16-10-15(20)13-5-3-8-18-17(13)21-16/h3,5-10,19H,2,4H2,1H3. The number of nitrogens with zero attached hydrogens (tertiary/aromatic N) is 1. The molecule has 21 heavy (non-hydrogen) atoms. The number of hydrogen-bond acceptors (Lipinski definition) is 4. The van der Waals surface area contributed by atoms with E-state index in [0.717, 1.165) is 24.0 Å². The maximum absolute atomic E-state index is 12.1. The second kappa shape index (κ2) is 5.40. The molecule has 0 saturated heterocycles. The number of aromatic nitrogens is 1. The average molecular weight is 281 g/mol. The third-order valence-corrected chi connectivity index (χ3v) is 3.39. The molecule has 0 fully saturated rings. The first-order valence-electron chi connectivity index (χ1n) is 6.90. The van der Waals surface area contributed by atoms with E-state index in [1.54, 1.807) is 30.5 Å². The summed E-state index contributed by atoms with van der Waals surface area (Å²) in [5.74, 6) is 0.727. The van der Waals surface area contributed by atoms with Gasteiger partial charge < -0.3 is 9.52 Å². The Morgan fingerprint density at radius 2 is 2.10 bits per heavy atom. The van der Waals surface area contributed by atoms with Crippen LogP contribution in [0, 0.1) is 0 Å². The molecule has 0 saturated carbocycles. The Labute approximate surface area is 121 Å². The molecular weight excluding hydrogens is 266 g/mol. The third-order valence-electron chi connectivity index (χ3n) is 3.39. The van der Waals surface area contributed by atoms with E-state index in [2.05, 4.69) is 4.98 Å². The fraction of sp³-hybridized carbons (Fsp3) is 0.176. The van der Waals surface area contributed by atoms with Gasteiger partial charge in [-0.1, -0.05) is 13.3 Å². The molecule has 106 valence electrons. The van der Waals surface area contributed by atoms with Crippen LogP contribution in [0.1, 0.15) is 18.9 Å². The first kappa shape index (κ1) is 13.4. The molecule has 0 aliphatic heterocycles. The maximum Gasteiger partial charge on any atom is 0.230 e. The fourth-order valence-electron chi connectivity index (χ4n) is 2.34. The van der Waals surface area contributed by atoms with Gasteiger partial charge in [0.05, 0.1) is 5.39 Å². The number of aromatic hydroxyl groups is 1. The van der Waals surface area contributed by atoms with E-state index in [4.69, 9.17) is 4.42 Å². The lowest BCUT2D eigenvalue weighted by molar-refractivity contribution is 0.467. The first-order valence-corrected chi connectivity index (χ1v) is 6.90. The molecule has 0 amide bonds. The van der Waals surface area contributed by atoms with Gasteiger partial charge in [0.2, 0.25) is 5.71 Å². The zero-order valence-electron chi connectivity index (χ0n) is 11.7. The molecule has 3 aromatic rings. The summed E-state index contributed by atoms with van der Waals surface area (Å²) in [6.07, 6.45) is 3.30. The highest BCUT2D eigenvalue weighted by Crippen LogP contribution is 2.27. The molecule has 3 rings (SSSR count). The predicted molar refractivity (Wildman–Crippen MR) is 81.4 cm³/mol. The largest absolute Gasteiger partial charge is 0.508 e. The van der Waals surface area contributed by atoms with Crippen LogP contribution in [0.2, 0.25) is 0 Å². The van der Waals surface area contributed by atoms with Gasteiger partial charge in [-0.3, -0.25) is 4.79 Å². The second-order valence-electron chi connectivity index (χ2n) is 4.92. The van der Waals surface area contributed by atoms with E-state index in [1.165, 1.54) is 6.07 Å². The van der Waals surface area contributed by atoms with Gasteiger partial charge in [0, 0.05) is 17.8 Å². The average Bonchev–Trinajstić information content (AvgIpc) is 2.50. The summed E-state index contributed by atoms with van der Waals surface area (Å²) < 4.78 is 5.71. The van der Waals surface area contributed by atoms with Gasteiger partial charge in [-0.15, -0.1) is 0 Å². The number of fused-ring (bicyclic) bond motifs is 1. The van der Waals surface area contributed by atoms with Crippen molar-refractivity contribution in [1.29, 1.82) is 0 Å². The summed E-state index contributed by atoms with van der Waals surface area (Å²) in [4.78, 5) is 16.2. The smallest absolute Gasteiger partial charge is 0.230 e. The highest BCUT2D eigenvalue weighted by molar-refractivity contribution is 5.75. The van der Waals surface area contributed by atoms with Crippen molar-refractivity contribution >= 4 is 11.1 Å². The van der Waals surface area contributed by atoms with Crippen LogP contribution in [-0.2, 0) is 6.42 Å². The van der Waals surface area contributed by atoms with Crippen LogP contribution >= 0.6 is 0 Å². The molecule has 0 radical (unpaired) electrons. The van der Waals surface area contributed by atoms with Gasteiger partial charge in [-0.25, -0.2) is 4.98 Å².